The van der Waals surface area contributed by atoms with Crippen LogP contribution in [-0.4, -0.2) is 16.0 Å². The Morgan fingerprint density at radius 1 is 1.33 bits per heavy atom. The van der Waals surface area contributed by atoms with E-state index in [2.05, 4.69) is 10.0 Å². The monoisotopic (exact) mass is 292 g/mol. The highest BCUT2D eigenvalue weighted by Crippen LogP contribution is 2.26. The van der Waals surface area contributed by atoms with Crippen LogP contribution in [0.4, 0.5) is 11.4 Å². The highest BCUT2D eigenvalue weighted by atomic mass is 16.6. The summed E-state index contributed by atoms with van der Waals surface area (Å²) in [4.78, 5) is 23.5. The van der Waals surface area contributed by atoms with E-state index in [1.54, 1.807) is 12.1 Å². The van der Waals surface area contributed by atoms with Crippen LogP contribution in [0.3, 0.4) is 0 Å². The van der Waals surface area contributed by atoms with Crippen LogP contribution in [0.1, 0.15) is 37.7 Å². The number of carboxylic acids is 1. The smallest absolute Gasteiger partial charge is 0.303 e. The molecule has 1 aromatic rings. The van der Waals surface area contributed by atoms with E-state index in [-0.39, 0.29) is 17.8 Å². The lowest BCUT2D eigenvalue weighted by Gasteiger charge is -2.04. The first-order valence-electron chi connectivity index (χ1n) is 6.59. The molecule has 1 N–H and O–H groups in total. The van der Waals surface area contributed by atoms with Gasteiger partial charge in [-0.05, 0) is 24.8 Å². The number of hydrogen-bond donors (Lipinski definition) is 1. The predicted molar refractivity (Wildman–Crippen MR) is 76.3 cm³/mol. The van der Waals surface area contributed by atoms with Crippen LogP contribution in [0.25, 0.3) is 10.4 Å². The van der Waals surface area contributed by atoms with Crippen molar-refractivity contribution in [1.82, 2.24) is 0 Å². The fourth-order valence-electron chi connectivity index (χ4n) is 1.99. The van der Waals surface area contributed by atoms with Crippen LogP contribution >= 0.6 is 0 Å². The second-order valence-corrected chi connectivity index (χ2v) is 4.57. The molecule has 0 saturated heterocycles. The molecule has 0 spiro atoms. The quantitative estimate of drug-likeness (QED) is 0.183. The fourth-order valence-corrected chi connectivity index (χ4v) is 1.99. The van der Waals surface area contributed by atoms with Crippen LogP contribution in [0.5, 0.6) is 0 Å². The summed E-state index contributed by atoms with van der Waals surface area (Å²) in [7, 11) is 0. The Morgan fingerprint density at radius 3 is 2.67 bits per heavy atom. The maximum Gasteiger partial charge on any atom is 0.303 e. The molecule has 8 nitrogen and oxygen atoms in total. The molecule has 8 heteroatoms. The highest BCUT2D eigenvalue weighted by Gasteiger charge is 2.13. The lowest BCUT2D eigenvalue weighted by molar-refractivity contribution is -0.385. The van der Waals surface area contributed by atoms with E-state index in [1.807, 2.05) is 0 Å². The minimum absolute atomic E-state index is 0.0505. The van der Waals surface area contributed by atoms with Crippen LogP contribution < -0.4 is 0 Å². The molecule has 0 radical (unpaired) electrons. The fraction of sp³-hybridized carbons (Fsp3) is 0.462. The molecule has 112 valence electrons. The molecule has 0 amide bonds. The van der Waals surface area contributed by atoms with Gasteiger partial charge in [0.25, 0.3) is 5.69 Å². The first-order valence-corrected chi connectivity index (χ1v) is 6.59. The van der Waals surface area contributed by atoms with E-state index in [1.165, 1.54) is 6.07 Å². The van der Waals surface area contributed by atoms with Gasteiger partial charge in [0, 0.05) is 28.6 Å². The predicted octanol–water partition coefficient (Wildman–Crippen LogP) is 4.11. The number of azide groups is 1. The molecule has 0 heterocycles. The first kappa shape index (κ1) is 16.5. The maximum absolute atomic E-state index is 11.0. The normalized spacial score (nSPS) is 9.90. The molecule has 21 heavy (non-hydrogen) atoms. The largest absolute Gasteiger partial charge is 0.481 e. The minimum Gasteiger partial charge on any atom is -0.481 e. The molecule has 0 aliphatic rings. The molecule has 1 aromatic carbocycles. The molecular formula is C13H16N4O4. The van der Waals surface area contributed by atoms with E-state index in [0.717, 1.165) is 19.3 Å². The molecule has 0 unspecified atom stereocenters. The molecule has 0 atom stereocenters. The SMILES string of the molecule is [N-]=[N+]=Nc1ccc(CCCCCCC(=O)O)c([N+](=O)[O-])c1. The van der Waals surface area contributed by atoms with Crippen molar-refractivity contribution >= 4 is 17.3 Å². The Balaban J connectivity index is 2.56. The Bertz CT molecular complexity index is 567. The number of hydrogen-bond acceptors (Lipinski definition) is 4. The second-order valence-electron chi connectivity index (χ2n) is 4.57. The first-order chi connectivity index (χ1) is 10.0. The van der Waals surface area contributed by atoms with Crippen molar-refractivity contribution in [2.45, 2.75) is 38.5 Å². The standard InChI is InChI=1S/C13H16N4O4/c14-16-15-11-8-7-10(12(9-11)17(20)21)5-3-1-2-4-6-13(18)19/h7-9H,1-6H2,(H,18,19). The number of benzene rings is 1. The summed E-state index contributed by atoms with van der Waals surface area (Å²) < 4.78 is 0. The van der Waals surface area contributed by atoms with Crippen molar-refractivity contribution in [2.24, 2.45) is 5.11 Å². The number of nitro benzene ring substituents is 1. The number of nitro groups is 1. The summed E-state index contributed by atoms with van der Waals surface area (Å²) in [5.41, 5.74) is 9.09. The molecule has 1 rings (SSSR count). The zero-order valence-electron chi connectivity index (χ0n) is 11.4. The van der Waals surface area contributed by atoms with E-state index < -0.39 is 10.9 Å². The number of nitrogens with zero attached hydrogens (tertiary/aromatic N) is 4. The van der Waals surface area contributed by atoms with Crippen molar-refractivity contribution in [3.63, 3.8) is 0 Å². The number of carboxylic acid groups (broad SMARTS) is 1. The van der Waals surface area contributed by atoms with Crippen LogP contribution in [0.15, 0.2) is 23.3 Å². The van der Waals surface area contributed by atoms with Crippen LogP contribution in [-0.2, 0) is 11.2 Å². The van der Waals surface area contributed by atoms with Crippen molar-refractivity contribution in [2.75, 3.05) is 0 Å². The van der Waals surface area contributed by atoms with Gasteiger partial charge in [-0.1, -0.05) is 30.1 Å². The Hall–Kier alpha value is -2.60. The number of aliphatic carboxylic acids is 1. The van der Waals surface area contributed by atoms with E-state index in [4.69, 9.17) is 10.6 Å². The lowest BCUT2D eigenvalue weighted by Crippen LogP contribution is -1.96. The third-order valence-electron chi connectivity index (χ3n) is 3.01. The van der Waals surface area contributed by atoms with Gasteiger partial charge >= 0.3 is 5.97 Å². The average molecular weight is 292 g/mol. The summed E-state index contributed by atoms with van der Waals surface area (Å²) in [6, 6.07) is 4.41. The van der Waals surface area contributed by atoms with Crippen molar-refractivity contribution in [1.29, 1.82) is 0 Å². The molecule has 0 bridgehead atoms. The van der Waals surface area contributed by atoms with Gasteiger partial charge in [0.15, 0.2) is 0 Å². The lowest BCUT2D eigenvalue weighted by atomic mass is 10.0. The van der Waals surface area contributed by atoms with Crippen LogP contribution in [0.2, 0.25) is 0 Å². The van der Waals surface area contributed by atoms with E-state index >= 15 is 0 Å². The molecule has 0 saturated carbocycles. The summed E-state index contributed by atoms with van der Waals surface area (Å²) in [6.45, 7) is 0. The van der Waals surface area contributed by atoms with Gasteiger partial charge in [-0.2, -0.15) is 0 Å². The van der Waals surface area contributed by atoms with Gasteiger partial charge in [0.05, 0.1) is 4.92 Å². The van der Waals surface area contributed by atoms with Gasteiger partial charge in [-0.3, -0.25) is 14.9 Å². The van der Waals surface area contributed by atoms with Gasteiger partial charge in [-0.15, -0.1) is 0 Å². The maximum atomic E-state index is 11.0. The van der Waals surface area contributed by atoms with Crippen molar-refractivity contribution in [3.05, 3.63) is 44.3 Å². The van der Waals surface area contributed by atoms with Crippen molar-refractivity contribution in [3.8, 4) is 0 Å². The van der Waals surface area contributed by atoms with Gasteiger partial charge in [0.2, 0.25) is 0 Å². The topological polar surface area (TPSA) is 129 Å². The van der Waals surface area contributed by atoms with Crippen molar-refractivity contribution < 1.29 is 14.8 Å². The third-order valence-corrected chi connectivity index (χ3v) is 3.01. The Morgan fingerprint density at radius 2 is 2.05 bits per heavy atom. The molecule has 0 aromatic heterocycles. The zero-order valence-corrected chi connectivity index (χ0v) is 11.4. The zero-order chi connectivity index (χ0) is 15.7. The van der Waals surface area contributed by atoms with Crippen LogP contribution in [0, 0.1) is 10.1 Å². The number of rotatable bonds is 9. The third kappa shape index (κ3) is 5.92. The summed E-state index contributed by atoms with van der Waals surface area (Å²) in [5.74, 6) is -0.806. The van der Waals surface area contributed by atoms with Gasteiger partial charge in [0.1, 0.15) is 0 Å². The van der Waals surface area contributed by atoms with Gasteiger partial charge < -0.3 is 5.11 Å². The summed E-state index contributed by atoms with van der Waals surface area (Å²) >= 11 is 0. The Kier molecular flexibility index (Phi) is 6.70. The molecule has 0 fully saturated rings. The van der Waals surface area contributed by atoms with E-state index in [0.29, 0.717) is 18.4 Å². The minimum atomic E-state index is -0.806. The second kappa shape index (κ2) is 8.55. The number of aryl methyl sites for hydroxylation is 1. The molecule has 0 aliphatic carbocycles. The number of carbonyl (C=O) groups is 1. The summed E-state index contributed by atoms with van der Waals surface area (Å²) in [6.07, 6.45) is 3.68. The molecule has 0 aliphatic heterocycles. The number of unbranched alkanes of at least 4 members (excludes halogenated alkanes) is 3. The Labute approximate surface area is 121 Å². The molecular weight excluding hydrogens is 276 g/mol. The van der Waals surface area contributed by atoms with Gasteiger partial charge in [-0.25, -0.2) is 0 Å². The average Bonchev–Trinajstić information content (AvgIpc) is 2.43. The summed E-state index contributed by atoms with van der Waals surface area (Å²) in [5, 5.41) is 22.8. The highest BCUT2D eigenvalue weighted by molar-refractivity contribution is 5.66. The van der Waals surface area contributed by atoms with E-state index in [9.17, 15) is 14.9 Å².